The summed E-state index contributed by atoms with van der Waals surface area (Å²) in [5.74, 6) is -3.13. The van der Waals surface area contributed by atoms with E-state index >= 15 is 0 Å². The van der Waals surface area contributed by atoms with Crippen molar-refractivity contribution in [3.8, 4) is 0 Å². The van der Waals surface area contributed by atoms with E-state index in [0.717, 1.165) is 4.44 Å². The minimum absolute atomic E-state index is 0.0301. The summed E-state index contributed by atoms with van der Waals surface area (Å²) in [6, 6.07) is 7.08. The first kappa shape index (κ1) is 12.0. The Kier molecular flexibility index (Phi) is 2.85. The third-order valence-electron chi connectivity index (χ3n) is 2.59. The van der Waals surface area contributed by atoms with Gasteiger partial charge in [0.25, 0.3) is 0 Å². The van der Waals surface area contributed by atoms with Gasteiger partial charge in [-0.25, -0.2) is 0 Å². The molecule has 1 atom stereocenters. The van der Waals surface area contributed by atoms with Crippen molar-refractivity contribution in [3.05, 3.63) is 48.8 Å². The third-order valence-corrected chi connectivity index (χ3v) is 6.42. The number of aliphatic hydroxyl groups excluding tert-OH is 1. The van der Waals surface area contributed by atoms with Crippen LogP contribution < -0.4 is 0 Å². The Bertz CT molecular complexity index is 613. The molecular weight excluding hydrogens is 366 g/mol. The van der Waals surface area contributed by atoms with Crippen molar-refractivity contribution in [2.24, 2.45) is 0 Å². The third kappa shape index (κ3) is 1.66. The average molecular weight is 374 g/mol. The summed E-state index contributed by atoms with van der Waals surface area (Å²) in [7, 11) is 0. The molecule has 0 saturated heterocycles. The molecule has 2 N–H and O–H groups in total. The normalized spacial score (nSPS) is 23.5. The van der Waals surface area contributed by atoms with Crippen LogP contribution in [0.1, 0.15) is 8.87 Å². The summed E-state index contributed by atoms with van der Waals surface area (Å²) in [6.07, 6.45) is 0. The van der Waals surface area contributed by atoms with Gasteiger partial charge in [0, 0.05) is 0 Å². The quantitative estimate of drug-likeness (QED) is 0.751. The monoisotopic (exact) mass is 376 g/mol. The van der Waals surface area contributed by atoms with E-state index in [9.17, 15) is 15.0 Å². The predicted molar refractivity (Wildman–Crippen MR) is 66.3 cm³/mol. The minimum atomic E-state index is -2.01. The Morgan fingerprint density at radius 2 is 1.89 bits per heavy atom. The predicted octanol–water partition coefficient (Wildman–Crippen LogP) is 0.472. The van der Waals surface area contributed by atoms with Crippen LogP contribution in [-0.2, 0) is 15.3 Å². The maximum atomic E-state index is 12.0. The van der Waals surface area contributed by atoms with E-state index in [2.05, 4.69) is 0 Å². The summed E-state index contributed by atoms with van der Waals surface area (Å²) in [5, 5.41) is 20.2. The zero-order chi connectivity index (χ0) is 12.8. The fraction of sp³-hybridized carbons (Fsp3) is 0.0833. The van der Waals surface area contributed by atoms with Crippen molar-refractivity contribution in [2.45, 2.75) is 5.79 Å². The first-order valence-corrected chi connectivity index (χ1v) is 8.79. The molecule has 18 heavy (non-hydrogen) atoms. The van der Waals surface area contributed by atoms with Gasteiger partial charge in [0.15, 0.2) is 0 Å². The van der Waals surface area contributed by atoms with E-state index in [1.807, 2.05) is 15.9 Å². The molecule has 1 aliphatic heterocycles. The van der Waals surface area contributed by atoms with Gasteiger partial charge in [-0.05, 0) is 0 Å². The molecule has 1 aliphatic rings. The maximum absolute atomic E-state index is 12.0. The molecule has 0 amide bonds. The standard InChI is InChI=1S/C12H8O4Se2/c13-9-10(7-3-1-5-17-7)16-12(15,11(9)14)8-4-2-6-18-8/h1-6,13,15H. The molecule has 4 nitrogen and oxygen atoms in total. The van der Waals surface area contributed by atoms with E-state index < -0.39 is 17.3 Å². The summed E-state index contributed by atoms with van der Waals surface area (Å²) in [5.41, 5.74) is 0. The van der Waals surface area contributed by atoms with Gasteiger partial charge in [-0.15, -0.1) is 0 Å². The van der Waals surface area contributed by atoms with Gasteiger partial charge < -0.3 is 0 Å². The SMILES string of the molecule is O=C1C(O)=C(c2ccc[se]2)OC1(O)c1ccc[se]1. The molecule has 1 unspecified atom stereocenters. The summed E-state index contributed by atoms with van der Waals surface area (Å²) >= 11 is -0.0874. The van der Waals surface area contributed by atoms with Gasteiger partial charge in [0.2, 0.25) is 0 Å². The number of ether oxygens (including phenoxy) is 1. The van der Waals surface area contributed by atoms with E-state index in [-0.39, 0.29) is 34.8 Å². The van der Waals surface area contributed by atoms with Crippen LogP contribution in [0.5, 0.6) is 0 Å². The van der Waals surface area contributed by atoms with Crippen molar-refractivity contribution in [2.75, 3.05) is 0 Å². The summed E-state index contributed by atoms with van der Waals surface area (Å²) < 4.78 is 6.67. The zero-order valence-electron chi connectivity index (χ0n) is 8.99. The zero-order valence-corrected chi connectivity index (χ0v) is 12.4. The number of aliphatic hydroxyl groups is 2. The van der Waals surface area contributed by atoms with Crippen LogP contribution in [0.4, 0.5) is 0 Å². The Labute approximate surface area is 115 Å². The Hall–Kier alpha value is -1.03. The van der Waals surface area contributed by atoms with Crippen molar-refractivity contribution < 1.29 is 19.7 Å². The molecule has 3 heterocycles. The fourth-order valence-corrected chi connectivity index (χ4v) is 4.78. The molecule has 2 aromatic rings. The van der Waals surface area contributed by atoms with E-state index in [4.69, 9.17) is 4.74 Å². The van der Waals surface area contributed by atoms with Crippen molar-refractivity contribution in [1.29, 1.82) is 0 Å². The van der Waals surface area contributed by atoms with Crippen LogP contribution >= 0.6 is 0 Å². The molecule has 6 heteroatoms. The molecule has 2 aromatic heterocycles. The number of rotatable bonds is 2. The molecule has 0 aliphatic carbocycles. The average Bonchev–Trinajstić information content (AvgIpc) is 3.06. The number of carbonyl (C=O) groups is 1. The van der Waals surface area contributed by atoms with Crippen LogP contribution in [0.2, 0.25) is 0 Å². The fourth-order valence-electron chi connectivity index (χ4n) is 1.71. The van der Waals surface area contributed by atoms with Gasteiger partial charge in [0.1, 0.15) is 0 Å². The number of Topliss-reactive ketones (excluding diaryl/α,β-unsaturated/α-hetero) is 1. The molecule has 92 valence electrons. The second kappa shape index (κ2) is 4.26. The van der Waals surface area contributed by atoms with Crippen molar-refractivity contribution in [1.82, 2.24) is 0 Å². The molecule has 3 rings (SSSR count). The molecular formula is C12H8O4Se2. The topological polar surface area (TPSA) is 66.8 Å². The molecule has 0 saturated carbocycles. The van der Waals surface area contributed by atoms with Gasteiger partial charge in [-0.3, -0.25) is 0 Å². The molecule has 0 bridgehead atoms. The van der Waals surface area contributed by atoms with E-state index in [1.165, 1.54) is 0 Å². The van der Waals surface area contributed by atoms with Crippen LogP contribution in [0.25, 0.3) is 5.76 Å². The first-order valence-electron chi connectivity index (χ1n) is 5.10. The van der Waals surface area contributed by atoms with E-state index in [0.29, 0.717) is 4.44 Å². The summed E-state index contributed by atoms with van der Waals surface area (Å²) in [6.45, 7) is 0. The second-order valence-corrected chi connectivity index (χ2v) is 7.68. The number of hydrogen-bond acceptors (Lipinski definition) is 4. The van der Waals surface area contributed by atoms with Crippen molar-refractivity contribution >= 4 is 40.5 Å². The Balaban J connectivity index is 2.05. The number of hydrogen-bond donors (Lipinski definition) is 2. The van der Waals surface area contributed by atoms with Gasteiger partial charge in [-0.1, -0.05) is 0 Å². The number of carbonyl (C=O) groups excluding carboxylic acids is 1. The van der Waals surface area contributed by atoms with Gasteiger partial charge in [-0.2, -0.15) is 0 Å². The van der Waals surface area contributed by atoms with Gasteiger partial charge >= 0.3 is 115 Å². The van der Waals surface area contributed by atoms with Crippen LogP contribution in [-0.4, -0.2) is 45.0 Å². The molecule has 0 radical (unpaired) electrons. The Morgan fingerprint density at radius 1 is 1.17 bits per heavy atom. The summed E-state index contributed by atoms with van der Waals surface area (Å²) in [4.78, 5) is 15.8. The first-order chi connectivity index (χ1) is 8.63. The number of ketones is 1. The Morgan fingerprint density at radius 3 is 2.50 bits per heavy atom. The molecule has 0 aromatic carbocycles. The van der Waals surface area contributed by atoms with E-state index in [1.54, 1.807) is 18.2 Å². The van der Waals surface area contributed by atoms with Gasteiger partial charge in [0.05, 0.1) is 0 Å². The molecule has 0 spiro atoms. The van der Waals surface area contributed by atoms with Crippen molar-refractivity contribution in [3.63, 3.8) is 0 Å². The second-order valence-electron chi connectivity index (χ2n) is 3.71. The van der Waals surface area contributed by atoms with Crippen LogP contribution in [0.3, 0.4) is 0 Å². The van der Waals surface area contributed by atoms with Crippen LogP contribution in [0, 0.1) is 0 Å². The molecule has 0 fully saturated rings. The van der Waals surface area contributed by atoms with Crippen LogP contribution in [0.15, 0.2) is 39.9 Å².